The molecule has 0 spiro atoms. The number of hydrogen-bond acceptors (Lipinski definition) is 3. The summed E-state index contributed by atoms with van der Waals surface area (Å²) in [6.45, 7) is 12.3. The van der Waals surface area contributed by atoms with Gasteiger partial charge in [0.05, 0.1) is 0 Å². The number of hydrogen-bond donors (Lipinski definition) is 1. The molecule has 4 aliphatic carbocycles. The molecule has 0 saturated heterocycles. The van der Waals surface area contributed by atoms with Crippen molar-refractivity contribution in [1.29, 1.82) is 0 Å². The molecule has 0 bridgehead atoms. The van der Waals surface area contributed by atoms with Crippen LogP contribution in [0.15, 0.2) is 11.6 Å². The molecule has 3 fully saturated rings. The number of rotatable bonds is 6. The molecule has 0 aromatic heterocycles. The van der Waals surface area contributed by atoms with Gasteiger partial charge in [0.25, 0.3) is 0 Å². The molecule has 1 N–H and O–H groups in total. The normalized spacial score (nSPS) is 40.9. The van der Waals surface area contributed by atoms with E-state index in [0.29, 0.717) is 5.41 Å². The molecule has 4 heteroatoms. The van der Waals surface area contributed by atoms with Crippen LogP contribution in [-0.2, 0) is 14.3 Å². The lowest BCUT2D eigenvalue weighted by molar-refractivity contribution is -0.168. The lowest BCUT2D eigenvalue weighted by Crippen LogP contribution is -2.51. The molecule has 4 nitrogen and oxygen atoms in total. The second-order valence-corrected chi connectivity index (χ2v) is 12.9. The Hall–Kier alpha value is -1.32. The first-order valence-corrected chi connectivity index (χ1v) is 13.7. The number of carbonyl (C=O) groups is 2. The monoisotopic (exact) mass is 458 g/mol. The molecular weight excluding hydrogens is 412 g/mol. The molecule has 4 aliphatic rings. The average Bonchev–Trinajstić information content (AvgIpc) is 3.11. The van der Waals surface area contributed by atoms with Crippen LogP contribution in [-0.4, -0.2) is 23.1 Å². The Kier molecular flexibility index (Phi) is 7.05. The molecule has 0 radical (unpaired) electrons. The highest BCUT2D eigenvalue weighted by atomic mass is 16.6. The Morgan fingerprint density at radius 1 is 1.06 bits per heavy atom. The molecule has 8 atom stereocenters. The van der Waals surface area contributed by atoms with Gasteiger partial charge in [0.15, 0.2) is 0 Å². The lowest BCUT2D eigenvalue weighted by Gasteiger charge is -2.58. The summed E-state index contributed by atoms with van der Waals surface area (Å²) in [6, 6.07) is 0. The van der Waals surface area contributed by atoms with Crippen molar-refractivity contribution in [2.24, 2.45) is 46.3 Å². The maximum Gasteiger partial charge on any atom is 0.417 e. The average molecular weight is 459 g/mol. The van der Waals surface area contributed by atoms with E-state index in [9.17, 15) is 9.59 Å². The highest BCUT2D eigenvalue weighted by Gasteiger charge is 2.59. The SMILES string of the molecule is CC(C)CCCC(C)[C@H]1CC[C@H]2[C@@H]3CC=C4C[C@@H](OC(=O)C(=O)O)CC[C@]4(C)[C@H]3CC[C@]12C. The summed E-state index contributed by atoms with van der Waals surface area (Å²) >= 11 is 0. The fourth-order valence-corrected chi connectivity index (χ4v) is 8.95. The van der Waals surface area contributed by atoms with Gasteiger partial charge in [0, 0.05) is 6.42 Å². The highest BCUT2D eigenvalue weighted by Crippen LogP contribution is 2.67. The Bertz CT molecular complexity index is 784. The number of fused-ring (bicyclic) bond motifs is 5. The molecule has 4 rings (SSSR count). The zero-order valence-corrected chi connectivity index (χ0v) is 21.6. The quantitative estimate of drug-likeness (QED) is 0.264. The summed E-state index contributed by atoms with van der Waals surface area (Å²) in [5.74, 6) is 2.27. The van der Waals surface area contributed by atoms with Crippen molar-refractivity contribution in [2.75, 3.05) is 0 Å². The van der Waals surface area contributed by atoms with Gasteiger partial charge in [-0.15, -0.1) is 0 Å². The van der Waals surface area contributed by atoms with Crippen molar-refractivity contribution < 1.29 is 19.4 Å². The third-order valence-corrected chi connectivity index (χ3v) is 10.7. The van der Waals surface area contributed by atoms with Gasteiger partial charge in [-0.05, 0) is 91.3 Å². The third kappa shape index (κ3) is 4.52. The van der Waals surface area contributed by atoms with Gasteiger partial charge in [-0.1, -0.05) is 65.5 Å². The van der Waals surface area contributed by atoms with Crippen LogP contribution in [0.5, 0.6) is 0 Å². The molecule has 0 amide bonds. The summed E-state index contributed by atoms with van der Waals surface area (Å²) < 4.78 is 5.28. The van der Waals surface area contributed by atoms with E-state index in [1.54, 1.807) is 0 Å². The fraction of sp³-hybridized carbons (Fsp3) is 0.862. The van der Waals surface area contributed by atoms with Crippen molar-refractivity contribution in [1.82, 2.24) is 0 Å². The van der Waals surface area contributed by atoms with E-state index >= 15 is 0 Å². The van der Waals surface area contributed by atoms with Gasteiger partial charge < -0.3 is 9.84 Å². The van der Waals surface area contributed by atoms with E-state index in [2.05, 4.69) is 40.7 Å². The summed E-state index contributed by atoms with van der Waals surface area (Å²) in [5.41, 5.74) is 2.12. The predicted octanol–water partition coefficient (Wildman–Crippen LogP) is 7.02. The molecular formula is C29H46O4. The van der Waals surface area contributed by atoms with Crippen LogP contribution < -0.4 is 0 Å². The van der Waals surface area contributed by atoms with E-state index in [1.165, 1.54) is 50.5 Å². The van der Waals surface area contributed by atoms with Crippen molar-refractivity contribution in [2.45, 2.75) is 111 Å². The number of aliphatic carboxylic acids is 1. The largest absolute Gasteiger partial charge is 0.473 e. The van der Waals surface area contributed by atoms with Crippen LogP contribution in [0.3, 0.4) is 0 Å². The molecule has 0 heterocycles. The van der Waals surface area contributed by atoms with Crippen LogP contribution >= 0.6 is 0 Å². The second kappa shape index (κ2) is 9.38. The number of ether oxygens (including phenoxy) is 1. The lowest BCUT2D eigenvalue weighted by atomic mass is 9.47. The molecule has 0 aliphatic heterocycles. The van der Waals surface area contributed by atoms with Crippen LogP contribution in [0.4, 0.5) is 0 Å². The first kappa shape index (κ1) is 24.8. The minimum Gasteiger partial charge on any atom is -0.473 e. The van der Waals surface area contributed by atoms with Crippen molar-refractivity contribution in [3.8, 4) is 0 Å². The van der Waals surface area contributed by atoms with E-state index in [0.717, 1.165) is 61.2 Å². The Morgan fingerprint density at radius 3 is 2.52 bits per heavy atom. The maximum atomic E-state index is 11.6. The number of carbonyl (C=O) groups excluding carboxylic acids is 1. The van der Waals surface area contributed by atoms with Crippen LogP contribution in [0.1, 0.15) is 105 Å². The van der Waals surface area contributed by atoms with Gasteiger partial charge >= 0.3 is 11.9 Å². The third-order valence-electron chi connectivity index (χ3n) is 10.7. The smallest absolute Gasteiger partial charge is 0.417 e. The fourth-order valence-electron chi connectivity index (χ4n) is 8.95. The first-order valence-electron chi connectivity index (χ1n) is 13.7. The topological polar surface area (TPSA) is 63.6 Å². The predicted molar refractivity (Wildman–Crippen MR) is 131 cm³/mol. The number of carboxylic acid groups (broad SMARTS) is 1. The van der Waals surface area contributed by atoms with E-state index in [4.69, 9.17) is 9.84 Å². The Morgan fingerprint density at radius 2 is 1.82 bits per heavy atom. The Labute approximate surface area is 200 Å². The van der Waals surface area contributed by atoms with Gasteiger partial charge in [-0.3, -0.25) is 0 Å². The minimum absolute atomic E-state index is 0.192. The molecule has 0 aromatic carbocycles. The number of allylic oxidation sites excluding steroid dienone is 1. The molecule has 0 aromatic rings. The molecule has 3 saturated carbocycles. The van der Waals surface area contributed by atoms with Gasteiger partial charge in [0.2, 0.25) is 0 Å². The molecule has 33 heavy (non-hydrogen) atoms. The maximum absolute atomic E-state index is 11.6. The summed E-state index contributed by atoms with van der Waals surface area (Å²) in [7, 11) is 0. The minimum atomic E-state index is -1.48. The summed E-state index contributed by atoms with van der Waals surface area (Å²) in [6.07, 6.45) is 15.5. The summed E-state index contributed by atoms with van der Waals surface area (Å²) in [4.78, 5) is 22.5. The van der Waals surface area contributed by atoms with E-state index in [1.807, 2.05) is 0 Å². The standard InChI is InChI=1S/C29H46O4/c1-18(2)7-6-8-19(3)23-11-12-24-22-10-9-20-17-21(33-27(32)26(30)31)13-15-28(20,4)25(22)14-16-29(23,24)5/h9,18-19,21-25H,6-8,10-17H2,1-5H3,(H,30,31)/t19?,21-,22-,23+,24-,25-,28-,29+/m0/s1. The van der Waals surface area contributed by atoms with Crippen molar-refractivity contribution >= 4 is 11.9 Å². The van der Waals surface area contributed by atoms with Crippen molar-refractivity contribution in [3.05, 3.63) is 11.6 Å². The van der Waals surface area contributed by atoms with Gasteiger partial charge in [-0.25, -0.2) is 9.59 Å². The molecule has 1 unspecified atom stereocenters. The van der Waals surface area contributed by atoms with Gasteiger partial charge in [0.1, 0.15) is 6.10 Å². The van der Waals surface area contributed by atoms with Crippen LogP contribution in [0.25, 0.3) is 0 Å². The van der Waals surface area contributed by atoms with Gasteiger partial charge in [-0.2, -0.15) is 0 Å². The zero-order valence-electron chi connectivity index (χ0n) is 21.6. The Balaban J connectivity index is 1.45. The van der Waals surface area contributed by atoms with E-state index < -0.39 is 11.9 Å². The first-order chi connectivity index (χ1) is 15.6. The highest BCUT2D eigenvalue weighted by molar-refractivity contribution is 6.28. The summed E-state index contributed by atoms with van der Waals surface area (Å²) in [5, 5.41) is 8.90. The second-order valence-electron chi connectivity index (χ2n) is 12.9. The van der Waals surface area contributed by atoms with Crippen LogP contribution in [0, 0.1) is 46.3 Å². The van der Waals surface area contributed by atoms with Crippen LogP contribution in [0.2, 0.25) is 0 Å². The zero-order chi connectivity index (χ0) is 24.0. The van der Waals surface area contributed by atoms with Crippen molar-refractivity contribution in [3.63, 3.8) is 0 Å². The molecule has 186 valence electrons. The number of esters is 1. The number of carboxylic acids is 1. The van der Waals surface area contributed by atoms with E-state index in [-0.39, 0.29) is 11.5 Å².